The van der Waals surface area contributed by atoms with Gasteiger partial charge in [0.05, 0.1) is 0 Å². The number of likely N-dealkylation sites (tertiary alicyclic amines) is 1. The minimum absolute atomic E-state index is 0.913. The van der Waals surface area contributed by atoms with Crippen molar-refractivity contribution in [3.63, 3.8) is 0 Å². The third-order valence-corrected chi connectivity index (χ3v) is 23.2. The Hall–Kier alpha value is 0.828. The Balaban J connectivity index is 1.84. The van der Waals surface area contributed by atoms with Gasteiger partial charge < -0.3 is 0 Å². The molecule has 1 heterocycles. The maximum Gasteiger partial charge on any atom is 0.0490 e. The van der Waals surface area contributed by atoms with Crippen LogP contribution in [-0.2, 0) is 0 Å². The summed E-state index contributed by atoms with van der Waals surface area (Å²) in [6.07, 6.45) is 13.9. The van der Waals surface area contributed by atoms with Crippen LogP contribution in [0.4, 0.5) is 0 Å². The second kappa shape index (κ2) is 9.78. The highest BCUT2D eigenvalue weighted by atomic mass is 28.3. The van der Waals surface area contributed by atoms with Gasteiger partial charge in [0, 0.05) is 50.4 Å². The fourth-order valence-electron chi connectivity index (χ4n) is 9.54. The molecule has 204 valence electrons. The van der Waals surface area contributed by atoms with Gasteiger partial charge >= 0.3 is 0 Å². The van der Waals surface area contributed by atoms with Gasteiger partial charge in [-0.05, 0) is 59.7 Å². The molecular weight excluding hydrogens is 487 g/mol. The fourth-order valence-corrected chi connectivity index (χ4v) is 18.8. The van der Waals surface area contributed by atoms with Gasteiger partial charge in [0.1, 0.15) is 0 Å². The molecule has 1 saturated heterocycles. The van der Waals surface area contributed by atoms with Gasteiger partial charge in [-0.2, -0.15) is 0 Å². The Morgan fingerprint density at radius 3 is 1.14 bits per heavy atom. The fraction of sp³-hybridized carbons (Fsp3) is 1.00. The van der Waals surface area contributed by atoms with E-state index in [4.69, 9.17) is 0 Å². The van der Waals surface area contributed by atoms with Gasteiger partial charge in [0.15, 0.2) is 0 Å². The first-order valence-corrected chi connectivity index (χ1v) is 30.0. The third-order valence-electron chi connectivity index (χ3n) is 11.8. The Morgan fingerprint density at radius 2 is 0.829 bits per heavy atom. The summed E-state index contributed by atoms with van der Waals surface area (Å²) in [6.45, 7) is 32.8. The first kappa shape index (κ1) is 28.8. The topological polar surface area (TPSA) is 3.24 Å². The van der Waals surface area contributed by atoms with Crippen LogP contribution in [0.15, 0.2) is 0 Å². The summed E-state index contributed by atoms with van der Waals surface area (Å²) in [4.78, 5) is 3.40. The molecule has 0 bridgehead atoms. The van der Waals surface area contributed by atoms with Crippen LogP contribution >= 0.6 is 0 Å². The van der Waals surface area contributed by atoms with Crippen molar-refractivity contribution < 1.29 is 0 Å². The number of hydrogen-bond donors (Lipinski definition) is 0. The van der Waals surface area contributed by atoms with Gasteiger partial charge in [-0.1, -0.05) is 111 Å². The first-order chi connectivity index (χ1) is 15.9. The zero-order valence-corrected chi connectivity index (χ0v) is 30.0. The Bertz CT molecular complexity index is 679. The molecule has 4 fully saturated rings. The molecule has 3 aliphatic carbocycles. The highest BCUT2D eigenvalue weighted by Crippen LogP contribution is 2.65. The Labute approximate surface area is 225 Å². The van der Waals surface area contributed by atoms with Crippen molar-refractivity contribution in [3.8, 4) is 0 Å². The molecule has 0 aromatic rings. The van der Waals surface area contributed by atoms with Crippen LogP contribution in [0.5, 0.6) is 0 Å². The molecule has 0 aromatic carbocycles. The minimum Gasteiger partial charge on any atom is -0.294 e. The highest BCUT2D eigenvalue weighted by molar-refractivity contribution is 6.80. The maximum absolute atomic E-state index is 3.40. The molecule has 0 N–H and O–H groups in total. The zero-order chi connectivity index (χ0) is 26.1. The van der Waals surface area contributed by atoms with Crippen molar-refractivity contribution in [1.29, 1.82) is 0 Å². The number of hydrogen-bond acceptors (Lipinski definition) is 1. The molecule has 0 aromatic heterocycles. The van der Waals surface area contributed by atoms with E-state index in [2.05, 4.69) is 83.5 Å². The summed E-state index contributed by atoms with van der Waals surface area (Å²) < 4.78 is 0. The van der Waals surface area contributed by atoms with Crippen LogP contribution in [0.1, 0.15) is 57.8 Å². The molecule has 8 atom stereocenters. The van der Waals surface area contributed by atoms with E-state index < -0.39 is 32.3 Å². The van der Waals surface area contributed by atoms with Gasteiger partial charge in [-0.25, -0.2) is 0 Å². The van der Waals surface area contributed by atoms with Gasteiger partial charge in [-0.3, -0.25) is 4.90 Å². The maximum atomic E-state index is 3.40. The van der Waals surface area contributed by atoms with Crippen LogP contribution < -0.4 is 0 Å². The highest BCUT2D eigenvalue weighted by Gasteiger charge is 2.63. The molecule has 4 rings (SSSR count). The second-order valence-electron chi connectivity index (χ2n) is 18.1. The normalized spacial score (nSPS) is 40.5. The van der Waals surface area contributed by atoms with Crippen molar-refractivity contribution in [3.05, 3.63) is 0 Å². The van der Waals surface area contributed by atoms with Crippen molar-refractivity contribution >= 4 is 32.3 Å². The van der Waals surface area contributed by atoms with E-state index in [1.54, 1.807) is 25.7 Å². The average molecular weight is 550 g/mol. The zero-order valence-electron chi connectivity index (χ0n) is 26.0. The third kappa shape index (κ3) is 5.74. The Morgan fingerprint density at radius 1 is 0.457 bits per heavy atom. The van der Waals surface area contributed by atoms with Crippen LogP contribution in [-0.4, -0.2) is 55.3 Å². The summed E-state index contributed by atoms with van der Waals surface area (Å²) in [6, 6.07) is 2.79. The van der Waals surface area contributed by atoms with Crippen molar-refractivity contribution in [2.45, 2.75) is 177 Å². The quantitative estimate of drug-likeness (QED) is 0.308. The van der Waals surface area contributed by atoms with E-state index in [0.717, 1.165) is 52.1 Å². The van der Waals surface area contributed by atoms with E-state index in [9.17, 15) is 0 Å². The lowest BCUT2D eigenvalue weighted by atomic mass is 9.72. The summed E-state index contributed by atoms with van der Waals surface area (Å²) in [5.74, 6) is 2.03. The monoisotopic (exact) mass is 549 g/mol. The molecule has 1 aliphatic heterocycles. The predicted molar refractivity (Wildman–Crippen MR) is 170 cm³/mol. The van der Waals surface area contributed by atoms with Crippen LogP contribution in [0.3, 0.4) is 0 Å². The first-order valence-electron chi connectivity index (χ1n) is 15.7. The smallest absolute Gasteiger partial charge is 0.0490 e. The Kier molecular flexibility index (Phi) is 8.06. The molecule has 3 saturated carbocycles. The molecule has 8 unspecified atom stereocenters. The van der Waals surface area contributed by atoms with E-state index >= 15 is 0 Å². The number of nitrogens with zero attached hydrogens (tertiary/aromatic N) is 1. The largest absolute Gasteiger partial charge is 0.294 e. The van der Waals surface area contributed by atoms with Gasteiger partial charge in [0.2, 0.25) is 0 Å². The molecule has 0 radical (unpaired) electrons. The van der Waals surface area contributed by atoms with Crippen LogP contribution in [0, 0.1) is 11.8 Å². The average Bonchev–Trinajstić information content (AvgIpc) is 3.04. The standard InChI is InChI=1S/C30H63NSi4/c1-32(2,3)23-18-25-26-19-24(33(4,5)6)21-28(35(10,11)12)30(26)31(22-16-14-13-15-17-22)29(25)27(20-23)34(7,8)9/h22-30H,13-21H2,1-12H3. The lowest BCUT2D eigenvalue weighted by Crippen LogP contribution is -2.57. The molecule has 0 amide bonds. The minimum atomic E-state index is -1.25. The van der Waals surface area contributed by atoms with Crippen LogP contribution in [0.2, 0.25) is 101 Å². The molecule has 35 heavy (non-hydrogen) atoms. The molecule has 1 nitrogen and oxygen atoms in total. The number of fused-ring (bicyclic) bond motifs is 3. The number of rotatable bonds is 5. The van der Waals surface area contributed by atoms with E-state index in [0.29, 0.717) is 0 Å². The summed E-state index contributed by atoms with van der Waals surface area (Å²) in [5.41, 5.74) is 4.17. The summed E-state index contributed by atoms with van der Waals surface area (Å²) in [5, 5.41) is 0. The summed E-state index contributed by atoms with van der Waals surface area (Å²) in [7, 11) is -4.79. The van der Waals surface area contributed by atoms with Crippen molar-refractivity contribution in [2.24, 2.45) is 11.8 Å². The lowest BCUT2D eigenvalue weighted by Gasteiger charge is -2.53. The van der Waals surface area contributed by atoms with Crippen molar-refractivity contribution in [2.75, 3.05) is 0 Å². The molecular formula is C30H63NSi4. The van der Waals surface area contributed by atoms with E-state index in [1.807, 2.05) is 0 Å². The second-order valence-corrected chi connectivity index (χ2v) is 40.1. The van der Waals surface area contributed by atoms with Crippen molar-refractivity contribution in [1.82, 2.24) is 4.90 Å². The SMILES string of the molecule is C[Si](C)(C)C1CC2C3CC([Si](C)(C)C)CC([Si](C)(C)C)C3N(C3CCCCC3)C2C([Si](C)(C)C)C1. The molecule has 5 heteroatoms. The lowest BCUT2D eigenvalue weighted by molar-refractivity contribution is 0.0629. The van der Waals surface area contributed by atoms with Gasteiger partial charge in [0.25, 0.3) is 0 Å². The van der Waals surface area contributed by atoms with E-state index in [1.165, 1.54) is 32.1 Å². The molecule has 4 aliphatic rings. The van der Waals surface area contributed by atoms with E-state index in [-0.39, 0.29) is 0 Å². The molecule has 0 spiro atoms. The van der Waals surface area contributed by atoms with Crippen LogP contribution in [0.25, 0.3) is 0 Å². The summed E-state index contributed by atoms with van der Waals surface area (Å²) >= 11 is 0. The van der Waals surface area contributed by atoms with Gasteiger partial charge in [-0.15, -0.1) is 0 Å². The predicted octanol–water partition coefficient (Wildman–Crippen LogP) is 10.0.